The Morgan fingerprint density at radius 1 is 1.37 bits per heavy atom. The second-order valence-electron chi connectivity index (χ2n) is 5.28. The summed E-state index contributed by atoms with van der Waals surface area (Å²) in [5, 5.41) is 0. The zero-order valence-electron chi connectivity index (χ0n) is 11.9. The third-order valence-electron chi connectivity index (χ3n) is 3.49. The maximum absolute atomic E-state index is 11.7. The Morgan fingerprint density at radius 2 is 2.05 bits per heavy atom. The zero-order valence-corrected chi connectivity index (χ0v) is 11.9. The molecule has 0 aliphatic carbocycles. The quantitative estimate of drug-likeness (QED) is 0.776. The molecule has 0 amide bonds. The summed E-state index contributed by atoms with van der Waals surface area (Å²) in [6.45, 7) is 1.85. The Kier molecular flexibility index (Phi) is 4.43. The number of carbonyl (C=O) groups excluding carboxylic acids is 1. The van der Waals surface area contributed by atoms with Gasteiger partial charge < -0.3 is 14.5 Å². The number of hydrogen-bond acceptors (Lipinski definition) is 4. The van der Waals surface area contributed by atoms with Gasteiger partial charge in [0.15, 0.2) is 0 Å². The molecule has 4 nitrogen and oxygen atoms in total. The van der Waals surface area contributed by atoms with E-state index < -0.39 is 0 Å². The van der Waals surface area contributed by atoms with Crippen LogP contribution in [-0.4, -0.2) is 44.7 Å². The van der Waals surface area contributed by atoms with E-state index in [9.17, 15) is 4.79 Å². The Hall–Kier alpha value is -1.55. The molecule has 19 heavy (non-hydrogen) atoms. The van der Waals surface area contributed by atoms with Gasteiger partial charge in [0, 0.05) is 18.8 Å². The molecule has 1 atom stereocenters. The van der Waals surface area contributed by atoms with Crippen LogP contribution in [0.25, 0.3) is 0 Å². The predicted molar refractivity (Wildman–Crippen MR) is 76.2 cm³/mol. The van der Waals surface area contributed by atoms with Gasteiger partial charge in [0.2, 0.25) is 0 Å². The van der Waals surface area contributed by atoms with E-state index in [1.807, 2.05) is 0 Å². The number of esters is 1. The number of hydrogen-bond donors (Lipinski definition) is 0. The lowest BCUT2D eigenvalue weighted by Crippen LogP contribution is -2.36. The predicted octanol–water partition coefficient (Wildman–Crippen LogP) is 1.89. The van der Waals surface area contributed by atoms with Gasteiger partial charge >= 0.3 is 5.97 Å². The number of ether oxygens (including phenoxy) is 1. The lowest BCUT2D eigenvalue weighted by Gasteiger charge is -2.25. The molecule has 0 aromatic heterocycles. The van der Waals surface area contributed by atoms with Gasteiger partial charge in [-0.3, -0.25) is 0 Å². The summed E-state index contributed by atoms with van der Waals surface area (Å²) < 4.78 is 4.87. The number of benzene rings is 1. The van der Waals surface area contributed by atoms with Crippen molar-refractivity contribution in [2.24, 2.45) is 0 Å². The number of rotatable bonds is 4. The van der Waals surface area contributed by atoms with Crippen molar-refractivity contribution in [2.45, 2.75) is 25.4 Å². The molecule has 0 spiro atoms. The topological polar surface area (TPSA) is 32.8 Å². The van der Waals surface area contributed by atoms with Crippen LogP contribution in [0.4, 0.5) is 5.69 Å². The molecular weight excluding hydrogens is 240 g/mol. The van der Waals surface area contributed by atoms with Gasteiger partial charge in [0.05, 0.1) is 7.11 Å². The van der Waals surface area contributed by atoms with Gasteiger partial charge in [-0.05, 0) is 44.6 Å². The van der Waals surface area contributed by atoms with Gasteiger partial charge in [-0.1, -0.05) is 12.1 Å². The first-order chi connectivity index (χ1) is 9.11. The van der Waals surface area contributed by atoms with Crippen LogP contribution in [0.3, 0.4) is 0 Å². The molecule has 0 radical (unpaired) electrons. The smallest absolute Gasteiger partial charge is 0.328 e. The first-order valence-corrected chi connectivity index (χ1v) is 6.70. The van der Waals surface area contributed by atoms with Gasteiger partial charge in [0.25, 0.3) is 0 Å². The summed E-state index contributed by atoms with van der Waals surface area (Å²) in [6.07, 6.45) is 1.92. The molecule has 0 bridgehead atoms. The number of methoxy groups -OCH3 is 1. The highest BCUT2D eigenvalue weighted by Crippen LogP contribution is 2.26. The lowest BCUT2D eigenvalue weighted by atomic mass is 10.1. The summed E-state index contributed by atoms with van der Waals surface area (Å²) in [7, 11) is 5.57. The molecule has 1 saturated heterocycles. The first kappa shape index (κ1) is 13.9. The SMILES string of the molecule is COC(=O)C1CCCN1c1ccc(CN(C)C)cc1. The highest BCUT2D eigenvalue weighted by atomic mass is 16.5. The second kappa shape index (κ2) is 6.06. The maximum Gasteiger partial charge on any atom is 0.328 e. The fraction of sp³-hybridized carbons (Fsp3) is 0.533. The van der Waals surface area contributed by atoms with E-state index in [2.05, 4.69) is 48.2 Å². The van der Waals surface area contributed by atoms with Crippen LogP contribution in [0.5, 0.6) is 0 Å². The molecule has 0 saturated carbocycles. The van der Waals surface area contributed by atoms with Crippen molar-refractivity contribution in [3.63, 3.8) is 0 Å². The van der Waals surface area contributed by atoms with Crippen molar-refractivity contribution >= 4 is 11.7 Å². The summed E-state index contributed by atoms with van der Waals surface area (Å²) in [5.41, 5.74) is 2.39. The van der Waals surface area contributed by atoms with E-state index in [0.29, 0.717) is 0 Å². The van der Waals surface area contributed by atoms with Crippen LogP contribution in [0.1, 0.15) is 18.4 Å². The molecule has 1 aromatic rings. The van der Waals surface area contributed by atoms with Crippen LogP contribution in [0, 0.1) is 0 Å². The van der Waals surface area contributed by atoms with Crippen molar-refractivity contribution < 1.29 is 9.53 Å². The molecule has 1 aromatic carbocycles. The molecule has 1 unspecified atom stereocenters. The molecule has 1 fully saturated rings. The Balaban J connectivity index is 2.10. The van der Waals surface area contributed by atoms with Crippen LogP contribution in [-0.2, 0) is 16.1 Å². The average Bonchev–Trinajstić information content (AvgIpc) is 2.87. The van der Waals surface area contributed by atoms with E-state index in [-0.39, 0.29) is 12.0 Å². The maximum atomic E-state index is 11.7. The van der Waals surface area contributed by atoms with Crippen molar-refractivity contribution in [3.8, 4) is 0 Å². The fourth-order valence-electron chi connectivity index (χ4n) is 2.61. The van der Waals surface area contributed by atoms with E-state index in [4.69, 9.17) is 4.74 Å². The molecule has 1 aliphatic rings. The number of anilines is 1. The number of carbonyl (C=O) groups is 1. The monoisotopic (exact) mass is 262 g/mol. The summed E-state index contributed by atoms with van der Waals surface area (Å²) in [4.78, 5) is 16.0. The van der Waals surface area contributed by atoms with Gasteiger partial charge in [0.1, 0.15) is 6.04 Å². The van der Waals surface area contributed by atoms with E-state index in [1.54, 1.807) is 0 Å². The molecular formula is C15H22N2O2. The Morgan fingerprint density at radius 3 is 2.63 bits per heavy atom. The minimum absolute atomic E-state index is 0.121. The third-order valence-corrected chi connectivity index (χ3v) is 3.49. The highest BCUT2D eigenvalue weighted by Gasteiger charge is 2.31. The summed E-state index contributed by atoms with van der Waals surface area (Å²) >= 11 is 0. The van der Waals surface area contributed by atoms with Gasteiger partial charge in [-0.2, -0.15) is 0 Å². The van der Waals surface area contributed by atoms with Gasteiger partial charge in [-0.15, -0.1) is 0 Å². The molecule has 2 rings (SSSR count). The van der Waals surface area contributed by atoms with E-state index in [0.717, 1.165) is 31.6 Å². The number of nitrogens with zero attached hydrogens (tertiary/aromatic N) is 2. The van der Waals surface area contributed by atoms with Crippen LogP contribution in [0.2, 0.25) is 0 Å². The summed E-state index contributed by atoms with van der Waals surface area (Å²) in [5.74, 6) is -0.130. The highest BCUT2D eigenvalue weighted by molar-refractivity contribution is 5.80. The lowest BCUT2D eigenvalue weighted by molar-refractivity contribution is -0.141. The Labute approximate surface area is 115 Å². The van der Waals surface area contributed by atoms with E-state index >= 15 is 0 Å². The molecule has 0 N–H and O–H groups in total. The minimum Gasteiger partial charge on any atom is -0.467 e. The van der Waals surface area contributed by atoms with Crippen molar-refractivity contribution in [2.75, 3.05) is 32.6 Å². The van der Waals surface area contributed by atoms with Crippen molar-refractivity contribution in [1.82, 2.24) is 4.90 Å². The standard InChI is InChI=1S/C15H22N2O2/c1-16(2)11-12-6-8-13(9-7-12)17-10-4-5-14(17)15(18)19-3/h6-9,14H,4-5,10-11H2,1-3H3. The van der Waals surface area contributed by atoms with E-state index in [1.165, 1.54) is 12.7 Å². The molecule has 1 aliphatic heterocycles. The van der Waals surface area contributed by atoms with Crippen molar-refractivity contribution in [1.29, 1.82) is 0 Å². The third kappa shape index (κ3) is 3.26. The van der Waals surface area contributed by atoms with Crippen LogP contribution < -0.4 is 4.90 Å². The molecule has 4 heteroatoms. The first-order valence-electron chi connectivity index (χ1n) is 6.70. The minimum atomic E-state index is -0.130. The average molecular weight is 262 g/mol. The summed E-state index contributed by atoms with van der Waals surface area (Å²) in [6, 6.07) is 8.33. The fourth-order valence-corrected chi connectivity index (χ4v) is 2.61. The largest absolute Gasteiger partial charge is 0.467 e. The Bertz CT molecular complexity index is 428. The zero-order chi connectivity index (χ0) is 13.8. The van der Waals surface area contributed by atoms with Gasteiger partial charge in [-0.25, -0.2) is 4.79 Å². The van der Waals surface area contributed by atoms with Crippen LogP contribution >= 0.6 is 0 Å². The second-order valence-corrected chi connectivity index (χ2v) is 5.28. The molecule has 1 heterocycles. The normalized spacial score (nSPS) is 18.9. The van der Waals surface area contributed by atoms with Crippen LogP contribution in [0.15, 0.2) is 24.3 Å². The van der Waals surface area contributed by atoms with Crippen molar-refractivity contribution in [3.05, 3.63) is 29.8 Å². The molecule has 104 valence electrons.